The fourth-order valence-electron chi connectivity index (χ4n) is 4.15. The van der Waals surface area contributed by atoms with E-state index in [0.717, 1.165) is 28.0 Å². The fourth-order valence-corrected chi connectivity index (χ4v) is 5.62. The van der Waals surface area contributed by atoms with Crippen molar-refractivity contribution in [3.63, 3.8) is 0 Å². The van der Waals surface area contributed by atoms with Crippen LogP contribution in [-0.2, 0) is 19.6 Å². The van der Waals surface area contributed by atoms with Gasteiger partial charge in [0, 0.05) is 13.1 Å². The van der Waals surface area contributed by atoms with Crippen LogP contribution >= 0.6 is 0 Å². The number of esters is 1. The van der Waals surface area contributed by atoms with E-state index in [1.165, 1.54) is 11.4 Å². The average Bonchev–Trinajstić information content (AvgIpc) is 3.22. The van der Waals surface area contributed by atoms with Gasteiger partial charge in [-0.2, -0.15) is 4.31 Å². The molecular formula is C24H25NO5S. The fraction of sp³-hybridized carbons (Fsp3) is 0.292. The van der Waals surface area contributed by atoms with Crippen LogP contribution in [0.15, 0.2) is 70.6 Å². The number of nitrogens with zero attached hydrogens (tertiary/aromatic N) is 1. The number of rotatable bonds is 5. The first-order valence-corrected chi connectivity index (χ1v) is 11.5. The van der Waals surface area contributed by atoms with Crippen molar-refractivity contribution in [1.82, 2.24) is 4.31 Å². The molecule has 2 aliphatic rings. The van der Waals surface area contributed by atoms with Crippen LogP contribution in [0, 0.1) is 12.8 Å². The van der Waals surface area contributed by atoms with Crippen LogP contribution in [0.4, 0.5) is 0 Å². The van der Waals surface area contributed by atoms with Crippen LogP contribution in [0.5, 0.6) is 5.75 Å². The predicted molar refractivity (Wildman–Crippen MR) is 118 cm³/mol. The molecule has 0 spiro atoms. The number of benzene rings is 2. The van der Waals surface area contributed by atoms with Gasteiger partial charge in [-0.3, -0.25) is 0 Å². The van der Waals surface area contributed by atoms with Crippen LogP contribution in [0.1, 0.15) is 17.5 Å². The van der Waals surface area contributed by atoms with Crippen LogP contribution in [0.3, 0.4) is 0 Å². The van der Waals surface area contributed by atoms with Gasteiger partial charge in [-0.1, -0.05) is 29.8 Å². The molecule has 0 saturated carbocycles. The van der Waals surface area contributed by atoms with Crippen molar-refractivity contribution >= 4 is 21.6 Å². The van der Waals surface area contributed by atoms with Gasteiger partial charge in [-0.25, -0.2) is 13.2 Å². The molecule has 1 fully saturated rings. The number of fused-ring (bicyclic) bond motifs is 1. The molecule has 1 aliphatic carbocycles. The highest BCUT2D eigenvalue weighted by atomic mass is 32.2. The topological polar surface area (TPSA) is 72.9 Å². The van der Waals surface area contributed by atoms with Gasteiger partial charge in [0.15, 0.2) is 0 Å². The Kier molecular flexibility index (Phi) is 5.73. The Hall–Kier alpha value is -2.90. The summed E-state index contributed by atoms with van der Waals surface area (Å²) in [5.74, 6) is 0.328. The number of carbonyl (C=O) groups excluding carboxylic acids is 1. The summed E-state index contributed by atoms with van der Waals surface area (Å²) in [7, 11) is -0.649. The summed E-state index contributed by atoms with van der Waals surface area (Å²) in [6.07, 6.45) is 2.38. The second kappa shape index (κ2) is 8.32. The molecule has 1 heterocycles. The molecule has 6 nitrogen and oxygen atoms in total. The largest absolute Gasteiger partial charge is 0.497 e. The van der Waals surface area contributed by atoms with Gasteiger partial charge in [0.05, 0.1) is 24.7 Å². The monoisotopic (exact) mass is 439 g/mol. The van der Waals surface area contributed by atoms with Gasteiger partial charge in [0.25, 0.3) is 0 Å². The zero-order chi connectivity index (χ0) is 22.2. The first-order valence-electron chi connectivity index (χ1n) is 10.1. The molecule has 0 unspecified atom stereocenters. The maximum absolute atomic E-state index is 13.2. The van der Waals surface area contributed by atoms with Crippen LogP contribution in [0.2, 0.25) is 0 Å². The molecule has 31 heavy (non-hydrogen) atoms. The lowest BCUT2D eigenvalue weighted by Crippen LogP contribution is -2.29. The maximum Gasteiger partial charge on any atom is 0.338 e. The molecule has 1 atom stereocenters. The zero-order valence-electron chi connectivity index (χ0n) is 17.8. The SMILES string of the molecule is COC(=O)C1=C(c2ccc(OC)cc2)C[C@@H]2CN(S(=O)(=O)c3ccc(C)cc3)CC2=C1. The number of hydrogen-bond donors (Lipinski definition) is 0. The average molecular weight is 440 g/mol. The molecule has 0 bridgehead atoms. The second-order valence-corrected chi connectivity index (χ2v) is 9.78. The van der Waals surface area contributed by atoms with Crippen molar-refractivity contribution in [2.24, 2.45) is 5.92 Å². The Labute approximate surface area is 182 Å². The summed E-state index contributed by atoms with van der Waals surface area (Å²) in [5.41, 5.74) is 4.18. The third kappa shape index (κ3) is 4.03. The molecule has 0 amide bonds. The summed E-state index contributed by atoms with van der Waals surface area (Å²) in [5, 5.41) is 0. The van der Waals surface area contributed by atoms with Crippen molar-refractivity contribution in [1.29, 1.82) is 0 Å². The van der Waals surface area contributed by atoms with E-state index in [1.807, 2.05) is 37.3 Å². The van der Waals surface area contributed by atoms with Gasteiger partial charge in [-0.15, -0.1) is 0 Å². The number of ether oxygens (including phenoxy) is 2. The van der Waals surface area contributed by atoms with E-state index in [4.69, 9.17) is 9.47 Å². The molecule has 7 heteroatoms. The Bertz CT molecular complexity index is 1160. The van der Waals surface area contributed by atoms with Gasteiger partial charge in [-0.05, 0) is 66.3 Å². The summed E-state index contributed by atoms with van der Waals surface area (Å²) in [6, 6.07) is 14.4. The predicted octanol–water partition coefficient (Wildman–Crippen LogP) is 3.58. The highest BCUT2D eigenvalue weighted by Crippen LogP contribution is 2.41. The minimum Gasteiger partial charge on any atom is -0.497 e. The lowest BCUT2D eigenvalue weighted by Gasteiger charge is -2.22. The summed E-state index contributed by atoms with van der Waals surface area (Å²) < 4.78 is 38.1. The molecule has 0 N–H and O–H groups in total. The van der Waals surface area contributed by atoms with E-state index in [0.29, 0.717) is 18.5 Å². The quantitative estimate of drug-likeness (QED) is 0.666. The van der Waals surface area contributed by atoms with Crippen LogP contribution < -0.4 is 4.74 Å². The molecule has 4 rings (SSSR count). The van der Waals surface area contributed by atoms with Gasteiger partial charge in [0.1, 0.15) is 5.75 Å². The Balaban J connectivity index is 1.65. The number of carbonyl (C=O) groups is 1. The molecule has 2 aromatic rings. The minimum absolute atomic E-state index is 0.0192. The summed E-state index contributed by atoms with van der Waals surface area (Å²) in [6.45, 7) is 2.58. The van der Waals surface area contributed by atoms with Crippen molar-refractivity contribution in [2.75, 3.05) is 27.3 Å². The van der Waals surface area contributed by atoms with E-state index >= 15 is 0 Å². The van der Waals surface area contributed by atoms with E-state index in [1.54, 1.807) is 31.4 Å². The van der Waals surface area contributed by atoms with Gasteiger partial charge in [0.2, 0.25) is 10.0 Å². The van der Waals surface area contributed by atoms with E-state index in [2.05, 4.69) is 0 Å². The van der Waals surface area contributed by atoms with Crippen molar-refractivity contribution < 1.29 is 22.7 Å². The van der Waals surface area contributed by atoms with Gasteiger partial charge < -0.3 is 9.47 Å². The number of aryl methyl sites for hydroxylation is 1. The molecule has 1 aliphatic heterocycles. The molecular weight excluding hydrogens is 414 g/mol. The zero-order valence-corrected chi connectivity index (χ0v) is 18.6. The van der Waals surface area contributed by atoms with E-state index < -0.39 is 16.0 Å². The van der Waals surface area contributed by atoms with Crippen LogP contribution in [-0.4, -0.2) is 46.0 Å². The Morgan fingerprint density at radius 1 is 1.03 bits per heavy atom. The molecule has 0 radical (unpaired) electrons. The summed E-state index contributed by atoms with van der Waals surface area (Å²) >= 11 is 0. The Morgan fingerprint density at radius 3 is 2.32 bits per heavy atom. The summed E-state index contributed by atoms with van der Waals surface area (Å²) in [4.78, 5) is 12.8. The van der Waals surface area contributed by atoms with Crippen molar-refractivity contribution in [3.8, 4) is 5.75 Å². The van der Waals surface area contributed by atoms with E-state index in [9.17, 15) is 13.2 Å². The minimum atomic E-state index is -3.61. The molecule has 2 aromatic carbocycles. The molecule has 162 valence electrons. The van der Waals surface area contributed by atoms with Crippen molar-refractivity contribution in [2.45, 2.75) is 18.2 Å². The number of hydrogen-bond acceptors (Lipinski definition) is 5. The lowest BCUT2D eigenvalue weighted by atomic mass is 9.82. The van der Waals surface area contributed by atoms with Gasteiger partial charge >= 0.3 is 5.97 Å². The first-order chi connectivity index (χ1) is 14.8. The smallest absolute Gasteiger partial charge is 0.338 e. The highest BCUT2D eigenvalue weighted by Gasteiger charge is 2.39. The van der Waals surface area contributed by atoms with Crippen LogP contribution in [0.25, 0.3) is 5.57 Å². The number of methoxy groups -OCH3 is 2. The van der Waals surface area contributed by atoms with E-state index in [-0.39, 0.29) is 17.4 Å². The third-order valence-corrected chi connectivity index (χ3v) is 7.74. The third-order valence-electron chi connectivity index (χ3n) is 5.92. The van der Waals surface area contributed by atoms with Crippen molar-refractivity contribution in [3.05, 3.63) is 76.9 Å². The first kappa shape index (κ1) is 21.3. The number of sulfonamides is 1. The number of allylic oxidation sites excluding steroid dienone is 1. The molecule has 1 saturated heterocycles. The highest BCUT2D eigenvalue weighted by molar-refractivity contribution is 7.89. The normalized spacial score (nSPS) is 19.1. The Morgan fingerprint density at radius 2 is 1.71 bits per heavy atom. The maximum atomic E-state index is 13.2. The lowest BCUT2D eigenvalue weighted by molar-refractivity contribution is -0.135. The standard InChI is InChI=1S/C24H25NO5S/c1-16-4-10-21(11-5-16)31(27,28)25-14-18-12-22(17-6-8-20(29-2)9-7-17)23(24(26)30-3)13-19(18)15-25/h4-11,13,18H,12,14-15H2,1-3H3/t18-/m1/s1. The molecule has 0 aromatic heterocycles. The second-order valence-electron chi connectivity index (χ2n) is 7.84.